The van der Waals surface area contributed by atoms with Crippen molar-refractivity contribution in [1.82, 2.24) is 5.32 Å². The van der Waals surface area contributed by atoms with Crippen LogP contribution in [0.2, 0.25) is 0 Å². The Hall–Kier alpha value is -0.120. The Morgan fingerprint density at radius 2 is 1.62 bits per heavy atom. The second kappa shape index (κ2) is 29.7. The maximum atomic E-state index is 8.26. The van der Waals surface area contributed by atoms with Crippen molar-refractivity contribution in [2.45, 2.75) is 34.1 Å². The fraction of sp³-hybridized carbons (Fsp3) is 1.00. The molecule has 0 aromatic heterocycles. The molecular formula is C10H27NO2. The zero-order valence-corrected chi connectivity index (χ0v) is 9.89. The smallest absolute Gasteiger partial charge is 0.0587 e. The molecule has 0 heterocycles. The highest BCUT2D eigenvalue weighted by Gasteiger charge is 1.81. The van der Waals surface area contributed by atoms with Crippen LogP contribution in [-0.2, 0) is 4.74 Å². The maximum Gasteiger partial charge on any atom is 0.0587 e. The van der Waals surface area contributed by atoms with E-state index in [1.807, 2.05) is 13.8 Å². The number of aliphatic hydroxyl groups is 1. The minimum atomic E-state index is 0.198. The first-order chi connectivity index (χ1) is 6.33. The monoisotopic (exact) mass is 193 g/mol. The molecular weight excluding hydrogens is 166 g/mol. The molecule has 0 saturated carbocycles. The van der Waals surface area contributed by atoms with Gasteiger partial charge in [0.1, 0.15) is 0 Å². The Morgan fingerprint density at radius 1 is 1.15 bits per heavy atom. The van der Waals surface area contributed by atoms with Crippen molar-refractivity contribution >= 4 is 0 Å². The number of methoxy groups -OCH3 is 1. The van der Waals surface area contributed by atoms with Gasteiger partial charge in [0.15, 0.2) is 0 Å². The molecule has 84 valence electrons. The summed E-state index contributed by atoms with van der Waals surface area (Å²) in [4.78, 5) is 0. The Morgan fingerprint density at radius 3 is 1.92 bits per heavy atom. The van der Waals surface area contributed by atoms with Crippen molar-refractivity contribution in [2.75, 3.05) is 33.4 Å². The van der Waals surface area contributed by atoms with Gasteiger partial charge in [0.2, 0.25) is 0 Å². The largest absolute Gasteiger partial charge is 0.395 e. The quantitative estimate of drug-likeness (QED) is 0.652. The summed E-state index contributed by atoms with van der Waals surface area (Å²) in [5.41, 5.74) is 0. The molecule has 13 heavy (non-hydrogen) atoms. The van der Waals surface area contributed by atoms with Crippen LogP contribution >= 0.6 is 0 Å². The lowest BCUT2D eigenvalue weighted by atomic mass is 10.6. The third-order valence-corrected chi connectivity index (χ3v) is 0.772. The van der Waals surface area contributed by atoms with Gasteiger partial charge in [-0.2, -0.15) is 0 Å². The summed E-state index contributed by atoms with van der Waals surface area (Å²) in [5, 5.41) is 11.2. The van der Waals surface area contributed by atoms with E-state index in [9.17, 15) is 0 Å². The summed E-state index contributed by atoms with van der Waals surface area (Å²) in [6, 6.07) is 0. The molecule has 0 bridgehead atoms. The molecule has 0 radical (unpaired) electrons. The highest BCUT2D eigenvalue weighted by molar-refractivity contribution is 4.41. The van der Waals surface area contributed by atoms with Crippen LogP contribution in [0.3, 0.4) is 0 Å². The maximum absolute atomic E-state index is 8.26. The first-order valence-corrected chi connectivity index (χ1v) is 5.13. The van der Waals surface area contributed by atoms with Gasteiger partial charge >= 0.3 is 0 Å². The first-order valence-electron chi connectivity index (χ1n) is 5.13. The predicted octanol–water partition coefficient (Wildman–Crippen LogP) is 1.66. The van der Waals surface area contributed by atoms with Crippen LogP contribution < -0.4 is 5.32 Å². The van der Waals surface area contributed by atoms with Crippen LogP contribution in [0.15, 0.2) is 0 Å². The molecule has 0 fully saturated rings. The number of hydrogen-bond acceptors (Lipinski definition) is 3. The van der Waals surface area contributed by atoms with E-state index >= 15 is 0 Å². The summed E-state index contributed by atoms with van der Waals surface area (Å²) < 4.78 is 4.74. The van der Waals surface area contributed by atoms with Crippen LogP contribution in [0, 0.1) is 0 Å². The molecule has 0 atom stereocenters. The van der Waals surface area contributed by atoms with Gasteiger partial charge in [-0.1, -0.05) is 34.1 Å². The number of hydrogen-bond donors (Lipinski definition) is 2. The van der Waals surface area contributed by atoms with E-state index in [0.29, 0.717) is 13.2 Å². The second-order valence-electron chi connectivity index (χ2n) is 2.17. The third kappa shape index (κ3) is 48.7. The standard InChI is InChI=1S/C5H13NO2.C3H8.C2H6/c1-8-5-3-6-2-4-7;1-3-2;1-2/h6-7H,2-5H2,1H3;3H2,1-2H3;1-2H3. The molecule has 0 amide bonds. The highest BCUT2D eigenvalue weighted by Crippen LogP contribution is 1.62. The lowest BCUT2D eigenvalue weighted by molar-refractivity contribution is 0.195. The summed E-state index contributed by atoms with van der Waals surface area (Å²) in [6.07, 6.45) is 1.25. The van der Waals surface area contributed by atoms with Crippen molar-refractivity contribution < 1.29 is 9.84 Å². The highest BCUT2D eigenvalue weighted by atomic mass is 16.5. The minimum absolute atomic E-state index is 0.198. The van der Waals surface area contributed by atoms with E-state index in [2.05, 4.69) is 19.2 Å². The third-order valence-electron chi connectivity index (χ3n) is 0.772. The summed E-state index contributed by atoms with van der Waals surface area (Å²) in [6.45, 7) is 10.6. The SMILES string of the molecule is CC.CCC.COCCNCCO. The molecule has 2 N–H and O–H groups in total. The zero-order valence-electron chi connectivity index (χ0n) is 9.89. The van der Waals surface area contributed by atoms with Crippen molar-refractivity contribution in [2.24, 2.45) is 0 Å². The van der Waals surface area contributed by atoms with Crippen molar-refractivity contribution in [3.05, 3.63) is 0 Å². The molecule has 0 aromatic carbocycles. The summed E-state index contributed by atoms with van der Waals surface area (Å²) >= 11 is 0. The van der Waals surface area contributed by atoms with Gasteiger partial charge in [-0.3, -0.25) is 0 Å². The van der Waals surface area contributed by atoms with Crippen LogP contribution in [0.25, 0.3) is 0 Å². The average Bonchev–Trinajstić information content (AvgIpc) is 2.17. The van der Waals surface area contributed by atoms with E-state index < -0.39 is 0 Å². The number of rotatable bonds is 5. The fourth-order valence-electron chi connectivity index (χ4n) is 0.378. The topological polar surface area (TPSA) is 41.5 Å². The van der Waals surface area contributed by atoms with E-state index in [-0.39, 0.29) is 6.61 Å². The van der Waals surface area contributed by atoms with Gasteiger partial charge in [-0.05, 0) is 0 Å². The van der Waals surface area contributed by atoms with Gasteiger partial charge < -0.3 is 15.2 Å². The summed E-state index contributed by atoms with van der Waals surface area (Å²) in [7, 11) is 1.65. The molecule has 0 aliphatic rings. The van der Waals surface area contributed by atoms with E-state index in [4.69, 9.17) is 9.84 Å². The van der Waals surface area contributed by atoms with Crippen molar-refractivity contribution in [3.8, 4) is 0 Å². The van der Waals surface area contributed by atoms with Crippen molar-refractivity contribution in [3.63, 3.8) is 0 Å². The molecule has 0 rings (SSSR count). The Kier molecular flexibility index (Phi) is 42.6. The molecule has 0 unspecified atom stereocenters. The van der Waals surface area contributed by atoms with Gasteiger partial charge in [0.25, 0.3) is 0 Å². The number of aliphatic hydroxyl groups excluding tert-OH is 1. The molecule has 3 nitrogen and oxygen atoms in total. The molecule has 3 heteroatoms. The molecule has 0 saturated heterocycles. The minimum Gasteiger partial charge on any atom is -0.395 e. The molecule has 0 aliphatic carbocycles. The number of ether oxygens (including phenoxy) is 1. The Labute approximate surface area is 83.5 Å². The van der Waals surface area contributed by atoms with Gasteiger partial charge in [0, 0.05) is 20.2 Å². The normalized spacial score (nSPS) is 7.85. The predicted molar refractivity (Wildman–Crippen MR) is 59.1 cm³/mol. The van der Waals surface area contributed by atoms with Crippen LogP contribution in [0.4, 0.5) is 0 Å². The van der Waals surface area contributed by atoms with Crippen LogP contribution in [0.5, 0.6) is 0 Å². The first kappa shape index (κ1) is 18.6. The number of nitrogens with one attached hydrogen (secondary N) is 1. The fourth-order valence-corrected chi connectivity index (χ4v) is 0.378. The van der Waals surface area contributed by atoms with Gasteiger partial charge in [-0.15, -0.1) is 0 Å². The van der Waals surface area contributed by atoms with Gasteiger partial charge in [0.05, 0.1) is 13.2 Å². The Balaban J connectivity index is -0.000000169. The van der Waals surface area contributed by atoms with E-state index in [0.717, 1.165) is 6.54 Å². The van der Waals surface area contributed by atoms with Crippen LogP contribution in [-0.4, -0.2) is 38.5 Å². The van der Waals surface area contributed by atoms with E-state index in [1.54, 1.807) is 7.11 Å². The van der Waals surface area contributed by atoms with Gasteiger partial charge in [-0.25, -0.2) is 0 Å². The lowest BCUT2D eigenvalue weighted by Gasteiger charge is -1.98. The Bertz CT molecular complexity index is 46.2. The van der Waals surface area contributed by atoms with E-state index in [1.165, 1.54) is 6.42 Å². The summed E-state index contributed by atoms with van der Waals surface area (Å²) in [5.74, 6) is 0. The zero-order chi connectivity index (χ0) is 10.9. The van der Waals surface area contributed by atoms with Crippen molar-refractivity contribution in [1.29, 1.82) is 0 Å². The molecule has 0 spiro atoms. The van der Waals surface area contributed by atoms with Crippen LogP contribution in [0.1, 0.15) is 34.1 Å². The molecule has 0 aliphatic heterocycles. The second-order valence-corrected chi connectivity index (χ2v) is 2.17. The average molecular weight is 193 g/mol. The lowest BCUT2D eigenvalue weighted by Crippen LogP contribution is -2.22. The molecule has 0 aromatic rings.